The highest BCUT2D eigenvalue weighted by Crippen LogP contribution is 2.45. The molecule has 3 atom stereocenters. The second kappa shape index (κ2) is 5.81. The van der Waals surface area contributed by atoms with Gasteiger partial charge in [-0.15, -0.1) is 0 Å². The van der Waals surface area contributed by atoms with E-state index >= 15 is 0 Å². The van der Waals surface area contributed by atoms with Gasteiger partial charge in [-0.1, -0.05) is 33.1 Å². The molecule has 1 saturated carbocycles. The molecule has 116 valence electrons. The van der Waals surface area contributed by atoms with Crippen LogP contribution < -0.4 is 5.73 Å². The van der Waals surface area contributed by atoms with Crippen molar-refractivity contribution in [1.29, 1.82) is 0 Å². The number of hydrogen-bond acceptors (Lipinski definition) is 3. The largest absolute Gasteiger partial charge is 0.329 e. The van der Waals surface area contributed by atoms with Crippen molar-refractivity contribution in [2.75, 3.05) is 31.1 Å². The average Bonchev–Trinajstić information content (AvgIpc) is 2.45. The van der Waals surface area contributed by atoms with E-state index in [1.807, 2.05) is 0 Å². The molecule has 20 heavy (non-hydrogen) atoms. The van der Waals surface area contributed by atoms with Gasteiger partial charge in [0.25, 0.3) is 0 Å². The third kappa shape index (κ3) is 2.91. The third-order valence-corrected chi connectivity index (χ3v) is 7.74. The summed E-state index contributed by atoms with van der Waals surface area (Å²) in [6.45, 7) is 8.34. The summed E-state index contributed by atoms with van der Waals surface area (Å²) in [6.07, 6.45) is 8.63. The molecule has 3 heteroatoms. The van der Waals surface area contributed by atoms with Gasteiger partial charge in [-0.25, -0.2) is 0 Å². The van der Waals surface area contributed by atoms with E-state index in [4.69, 9.17) is 5.73 Å². The van der Waals surface area contributed by atoms with Crippen molar-refractivity contribution in [2.45, 2.75) is 57.9 Å². The molecular formula is C17H32N2S. The molecule has 3 rings (SSSR count). The lowest BCUT2D eigenvalue weighted by atomic mass is 9.72. The molecule has 3 fully saturated rings. The first-order chi connectivity index (χ1) is 9.55. The molecule has 0 aromatic heterocycles. The minimum atomic E-state index is 0.287. The molecule has 0 aromatic rings. The van der Waals surface area contributed by atoms with Crippen molar-refractivity contribution >= 4 is 11.8 Å². The van der Waals surface area contributed by atoms with Crippen molar-refractivity contribution in [2.24, 2.45) is 23.0 Å². The summed E-state index contributed by atoms with van der Waals surface area (Å²) in [4.78, 5) is 2.81. The Morgan fingerprint density at radius 2 is 1.85 bits per heavy atom. The first kappa shape index (κ1) is 15.2. The zero-order valence-electron chi connectivity index (χ0n) is 13.4. The lowest BCUT2D eigenvalue weighted by Gasteiger charge is -2.54. The average molecular weight is 297 g/mol. The van der Waals surface area contributed by atoms with Gasteiger partial charge in [0.1, 0.15) is 0 Å². The van der Waals surface area contributed by atoms with E-state index in [0.29, 0.717) is 5.41 Å². The summed E-state index contributed by atoms with van der Waals surface area (Å²) in [5, 5.41) is 0. The van der Waals surface area contributed by atoms with E-state index in [1.165, 1.54) is 63.1 Å². The lowest BCUT2D eigenvalue weighted by molar-refractivity contribution is -0.00259. The Hall–Kier alpha value is 0.270. The van der Waals surface area contributed by atoms with Crippen LogP contribution in [-0.4, -0.2) is 41.6 Å². The molecule has 0 bridgehead atoms. The molecule has 0 spiro atoms. The molecule has 2 saturated heterocycles. The Morgan fingerprint density at radius 3 is 2.55 bits per heavy atom. The van der Waals surface area contributed by atoms with Crippen LogP contribution in [-0.2, 0) is 0 Å². The molecule has 0 radical (unpaired) electrons. The number of rotatable bonds is 2. The first-order valence-corrected chi connectivity index (χ1v) is 9.73. The number of likely N-dealkylation sites (tertiary alicyclic amines) is 1. The maximum absolute atomic E-state index is 6.30. The van der Waals surface area contributed by atoms with Gasteiger partial charge in [-0.3, -0.25) is 4.90 Å². The minimum Gasteiger partial charge on any atom is -0.329 e. The summed E-state index contributed by atoms with van der Waals surface area (Å²) in [7, 11) is 0. The predicted octanol–water partition coefficient (Wildman–Crippen LogP) is 3.36. The Labute approximate surface area is 129 Å². The number of fused-ring (bicyclic) bond motifs is 1. The molecule has 2 N–H and O–H groups in total. The SMILES string of the molecule is CC1(C)CSCC(CN)(N2CCC3CCCCC3C2)C1. The van der Waals surface area contributed by atoms with E-state index < -0.39 is 0 Å². The summed E-state index contributed by atoms with van der Waals surface area (Å²) < 4.78 is 0. The van der Waals surface area contributed by atoms with E-state index in [1.54, 1.807) is 0 Å². The molecule has 1 aliphatic carbocycles. The summed E-state index contributed by atoms with van der Waals surface area (Å²) >= 11 is 2.13. The molecule has 2 heterocycles. The van der Waals surface area contributed by atoms with Crippen LogP contribution in [0.1, 0.15) is 52.4 Å². The quantitative estimate of drug-likeness (QED) is 0.847. The topological polar surface area (TPSA) is 29.3 Å². The summed E-state index contributed by atoms with van der Waals surface area (Å²) in [5.41, 5.74) is 7.04. The molecule has 2 aliphatic heterocycles. The number of hydrogen-bond donors (Lipinski definition) is 1. The Bertz CT molecular complexity index is 344. The fraction of sp³-hybridized carbons (Fsp3) is 1.00. The summed E-state index contributed by atoms with van der Waals surface area (Å²) in [6, 6.07) is 0. The monoisotopic (exact) mass is 296 g/mol. The zero-order chi connectivity index (χ0) is 14.2. The number of piperidine rings is 1. The van der Waals surface area contributed by atoms with E-state index in [2.05, 4.69) is 30.5 Å². The maximum Gasteiger partial charge on any atom is 0.0427 e. The predicted molar refractivity (Wildman–Crippen MR) is 89.1 cm³/mol. The molecule has 0 aromatic carbocycles. The van der Waals surface area contributed by atoms with Crippen molar-refractivity contribution in [3.63, 3.8) is 0 Å². The van der Waals surface area contributed by atoms with Crippen LogP contribution in [0.15, 0.2) is 0 Å². The van der Waals surface area contributed by atoms with Gasteiger partial charge in [0.05, 0.1) is 0 Å². The van der Waals surface area contributed by atoms with Gasteiger partial charge in [0, 0.05) is 24.4 Å². The van der Waals surface area contributed by atoms with Crippen LogP contribution in [0.3, 0.4) is 0 Å². The highest BCUT2D eigenvalue weighted by Gasteiger charge is 2.46. The molecule has 3 unspecified atom stereocenters. The second-order valence-corrected chi connectivity index (χ2v) is 9.29. The third-order valence-electron chi connectivity index (χ3n) is 6.01. The van der Waals surface area contributed by atoms with Crippen LogP contribution in [0, 0.1) is 17.3 Å². The number of nitrogens with zero attached hydrogens (tertiary/aromatic N) is 1. The number of nitrogens with two attached hydrogens (primary N) is 1. The lowest BCUT2D eigenvalue weighted by Crippen LogP contribution is -2.63. The van der Waals surface area contributed by atoms with Crippen LogP contribution in [0.25, 0.3) is 0 Å². The van der Waals surface area contributed by atoms with Gasteiger partial charge in [0.15, 0.2) is 0 Å². The van der Waals surface area contributed by atoms with Gasteiger partial charge >= 0.3 is 0 Å². The molecule has 2 nitrogen and oxygen atoms in total. The Balaban J connectivity index is 1.72. The fourth-order valence-electron chi connectivity index (χ4n) is 5.01. The van der Waals surface area contributed by atoms with Gasteiger partial charge in [0.2, 0.25) is 0 Å². The number of thioether (sulfide) groups is 1. The van der Waals surface area contributed by atoms with Gasteiger partial charge in [-0.05, 0) is 48.8 Å². The Morgan fingerprint density at radius 1 is 1.10 bits per heavy atom. The van der Waals surface area contributed by atoms with Crippen molar-refractivity contribution in [3.05, 3.63) is 0 Å². The van der Waals surface area contributed by atoms with Crippen molar-refractivity contribution in [1.82, 2.24) is 4.90 Å². The standard InChI is InChI=1S/C17H32N2S/c1-16(2)10-17(11-18,13-20-12-16)19-8-7-14-5-3-4-6-15(14)9-19/h14-15H,3-13,18H2,1-2H3. The smallest absolute Gasteiger partial charge is 0.0427 e. The molecule has 0 amide bonds. The molecule has 3 aliphatic rings. The van der Waals surface area contributed by atoms with E-state index in [-0.39, 0.29) is 5.54 Å². The van der Waals surface area contributed by atoms with Crippen LogP contribution in [0.4, 0.5) is 0 Å². The minimum absolute atomic E-state index is 0.287. The van der Waals surface area contributed by atoms with Crippen LogP contribution in [0.2, 0.25) is 0 Å². The van der Waals surface area contributed by atoms with E-state index in [9.17, 15) is 0 Å². The maximum atomic E-state index is 6.30. The second-order valence-electron chi connectivity index (χ2n) is 8.30. The molecular weight excluding hydrogens is 264 g/mol. The highest BCUT2D eigenvalue weighted by molar-refractivity contribution is 7.99. The van der Waals surface area contributed by atoms with Gasteiger partial charge in [-0.2, -0.15) is 11.8 Å². The van der Waals surface area contributed by atoms with Crippen molar-refractivity contribution < 1.29 is 0 Å². The Kier molecular flexibility index (Phi) is 4.41. The van der Waals surface area contributed by atoms with E-state index in [0.717, 1.165) is 18.4 Å². The zero-order valence-corrected chi connectivity index (χ0v) is 14.2. The first-order valence-electron chi connectivity index (χ1n) is 8.58. The fourth-order valence-corrected chi connectivity index (χ4v) is 6.54. The summed E-state index contributed by atoms with van der Waals surface area (Å²) in [5.74, 6) is 4.55. The van der Waals surface area contributed by atoms with Gasteiger partial charge < -0.3 is 5.73 Å². The normalized spacial score (nSPS) is 42.1. The van der Waals surface area contributed by atoms with Crippen LogP contribution >= 0.6 is 11.8 Å². The highest BCUT2D eigenvalue weighted by atomic mass is 32.2. The van der Waals surface area contributed by atoms with Crippen molar-refractivity contribution in [3.8, 4) is 0 Å². The van der Waals surface area contributed by atoms with Crippen LogP contribution in [0.5, 0.6) is 0 Å².